The second kappa shape index (κ2) is 12.1. The maximum absolute atomic E-state index is 13.1. The molecule has 1 amide bonds. The molecule has 0 fully saturated rings. The Morgan fingerprint density at radius 3 is 2.35 bits per heavy atom. The summed E-state index contributed by atoms with van der Waals surface area (Å²) < 4.78 is 45.9. The van der Waals surface area contributed by atoms with Gasteiger partial charge in [-0.05, 0) is 104 Å². The molecule has 1 N–H and O–H groups in total. The van der Waals surface area contributed by atoms with E-state index in [4.69, 9.17) is 4.74 Å². The first-order chi connectivity index (χ1) is 18.8. The van der Waals surface area contributed by atoms with E-state index in [1.165, 1.54) is 53.5 Å². The summed E-state index contributed by atoms with van der Waals surface area (Å²) in [6.45, 7) is 0.0167. The number of nitro groups is 1. The van der Waals surface area contributed by atoms with Gasteiger partial charge in [0.15, 0.2) is 0 Å². The third-order valence-corrected chi connectivity index (χ3v) is 8.18. The number of ether oxygens (including phenoxy) is 1. The number of alkyl halides is 3. The molecule has 8 nitrogen and oxygen atoms in total. The zero-order chi connectivity index (χ0) is 29.2. The highest BCUT2D eigenvalue weighted by Crippen LogP contribution is 2.38. The summed E-state index contributed by atoms with van der Waals surface area (Å²) in [7, 11) is 0. The molecule has 3 aromatic carbocycles. The monoisotopic (exact) mass is 778 g/mol. The van der Waals surface area contributed by atoms with E-state index in [9.17, 15) is 38.0 Å². The van der Waals surface area contributed by atoms with Gasteiger partial charge in [-0.25, -0.2) is 4.79 Å². The number of non-ortho nitro benzene ring substituents is 1. The smallest absolute Gasteiger partial charge is 0.416 e. The van der Waals surface area contributed by atoms with Crippen molar-refractivity contribution in [2.75, 3.05) is 0 Å². The predicted octanol–water partition coefficient (Wildman–Crippen LogP) is 6.45. The van der Waals surface area contributed by atoms with Gasteiger partial charge in [-0.1, -0.05) is 12.1 Å². The van der Waals surface area contributed by atoms with Gasteiger partial charge < -0.3 is 14.7 Å². The lowest BCUT2D eigenvalue weighted by Crippen LogP contribution is -2.48. The number of rotatable bonds is 7. The standard InChI is InChI=1S/C27H19F3I2N2O6/c28-27(29,30)18-6-1-16(2-7-18)14-40-25-21(31)11-17-12-22(26(36)37)33(13-20(17)24(25)32)23(35)10-5-15-3-8-19(9-4-15)34(38)39/h1-11,22H,12-14H2,(H,36,37)/b10-5+/t22-/m0/s1. The molecule has 0 bridgehead atoms. The number of nitro benzene ring substituents is 1. The van der Waals surface area contributed by atoms with Crippen LogP contribution in [-0.2, 0) is 35.3 Å². The van der Waals surface area contributed by atoms with Crippen LogP contribution in [0.4, 0.5) is 18.9 Å². The molecule has 4 rings (SSSR count). The Kier molecular flexibility index (Phi) is 9.02. The minimum Gasteiger partial charge on any atom is -0.487 e. The van der Waals surface area contributed by atoms with Gasteiger partial charge in [-0.15, -0.1) is 0 Å². The normalized spacial score (nSPS) is 15.1. The first-order valence-corrected chi connectivity index (χ1v) is 13.8. The number of nitrogens with zero attached hydrogens (tertiary/aromatic N) is 2. The lowest BCUT2D eigenvalue weighted by atomic mass is 9.93. The van der Waals surface area contributed by atoms with Gasteiger partial charge in [0.1, 0.15) is 18.4 Å². The van der Waals surface area contributed by atoms with Gasteiger partial charge in [0, 0.05) is 31.2 Å². The summed E-state index contributed by atoms with van der Waals surface area (Å²) in [5, 5.41) is 20.7. The van der Waals surface area contributed by atoms with Crippen molar-refractivity contribution in [3.63, 3.8) is 0 Å². The number of carboxylic acid groups (broad SMARTS) is 1. The molecule has 0 saturated carbocycles. The Morgan fingerprint density at radius 2 is 1.77 bits per heavy atom. The number of carboxylic acids is 1. The van der Waals surface area contributed by atoms with Crippen LogP contribution in [-0.4, -0.2) is 32.8 Å². The maximum Gasteiger partial charge on any atom is 0.416 e. The second-order valence-corrected chi connectivity index (χ2v) is 11.1. The first kappa shape index (κ1) is 29.8. The Hall–Kier alpha value is -3.21. The highest BCUT2D eigenvalue weighted by molar-refractivity contribution is 14.1. The molecule has 208 valence electrons. The SMILES string of the molecule is O=C(O)[C@@H]1Cc2cc(I)c(OCc3ccc(C(F)(F)F)cc3)c(I)c2CN1C(=O)/C=C/c1ccc([N+](=O)[O-])cc1. The molecule has 1 aliphatic heterocycles. The van der Waals surface area contributed by atoms with Crippen molar-refractivity contribution in [2.24, 2.45) is 0 Å². The molecule has 40 heavy (non-hydrogen) atoms. The zero-order valence-electron chi connectivity index (χ0n) is 20.3. The fraction of sp³-hybridized carbons (Fsp3) is 0.185. The maximum atomic E-state index is 13.1. The molecule has 0 radical (unpaired) electrons. The highest BCUT2D eigenvalue weighted by atomic mass is 127. The summed E-state index contributed by atoms with van der Waals surface area (Å²) in [5.74, 6) is -1.21. The van der Waals surface area contributed by atoms with Crippen molar-refractivity contribution in [3.8, 4) is 5.75 Å². The zero-order valence-corrected chi connectivity index (χ0v) is 24.6. The third kappa shape index (κ3) is 6.74. The summed E-state index contributed by atoms with van der Waals surface area (Å²) in [6.07, 6.45) is -1.68. The van der Waals surface area contributed by atoms with E-state index in [2.05, 4.69) is 45.2 Å². The molecular weight excluding hydrogens is 759 g/mol. The molecule has 0 saturated heterocycles. The Morgan fingerprint density at radius 1 is 1.12 bits per heavy atom. The van der Waals surface area contributed by atoms with E-state index < -0.39 is 34.6 Å². The lowest BCUT2D eigenvalue weighted by molar-refractivity contribution is -0.384. The Balaban J connectivity index is 1.55. The van der Waals surface area contributed by atoms with E-state index in [0.29, 0.717) is 24.0 Å². The highest BCUT2D eigenvalue weighted by Gasteiger charge is 2.36. The molecule has 13 heteroatoms. The number of hydrogen-bond acceptors (Lipinski definition) is 5. The molecule has 0 unspecified atom stereocenters. The van der Waals surface area contributed by atoms with Crippen LogP contribution in [0.5, 0.6) is 5.75 Å². The quantitative estimate of drug-likeness (QED) is 0.128. The van der Waals surface area contributed by atoms with Gasteiger partial charge in [-0.3, -0.25) is 14.9 Å². The van der Waals surface area contributed by atoms with Crippen molar-refractivity contribution in [1.29, 1.82) is 0 Å². The number of halogens is 5. The van der Waals surface area contributed by atoms with Crippen LogP contribution < -0.4 is 4.74 Å². The largest absolute Gasteiger partial charge is 0.487 e. The summed E-state index contributed by atoms with van der Waals surface area (Å²) in [6, 6.07) is 10.9. The summed E-state index contributed by atoms with van der Waals surface area (Å²) in [5.41, 5.74) is 1.70. The van der Waals surface area contributed by atoms with Crippen LogP contribution in [0.25, 0.3) is 6.08 Å². The van der Waals surface area contributed by atoms with Crippen LogP contribution in [0.3, 0.4) is 0 Å². The van der Waals surface area contributed by atoms with E-state index in [1.54, 1.807) is 6.07 Å². The van der Waals surface area contributed by atoms with Crippen molar-refractivity contribution in [1.82, 2.24) is 4.90 Å². The predicted molar refractivity (Wildman–Crippen MR) is 155 cm³/mol. The average Bonchev–Trinajstić information content (AvgIpc) is 2.91. The number of amides is 1. The van der Waals surface area contributed by atoms with Crippen LogP contribution in [0.15, 0.2) is 60.7 Å². The Bertz CT molecular complexity index is 1490. The van der Waals surface area contributed by atoms with Crippen molar-refractivity contribution in [3.05, 3.63) is 106 Å². The van der Waals surface area contributed by atoms with Gasteiger partial charge in [0.05, 0.1) is 17.6 Å². The molecule has 1 heterocycles. The van der Waals surface area contributed by atoms with Crippen molar-refractivity contribution < 1.29 is 37.5 Å². The number of benzene rings is 3. The first-order valence-electron chi connectivity index (χ1n) is 11.6. The minimum atomic E-state index is -4.43. The molecule has 3 aromatic rings. The van der Waals surface area contributed by atoms with E-state index in [0.717, 1.165) is 23.3 Å². The van der Waals surface area contributed by atoms with Gasteiger partial charge in [0.2, 0.25) is 5.91 Å². The van der Waals surface area contributed by atoms with Crippen LogP contribution in [0.2, 0.25) is 0 Å². The van der Waals surface area contributed by atoms with Crippen LogP contribution in [0.1, 0.15) is 27.8 Å². The molecule has 0 spiro atoms. The van der Waals surface area contributed by atoms with Gasteiger partial charge >= 0.3 is 12.1 Å². The lowest BCUT2D eigenvalue weighted by Gasteiger charge is -2.35. The van der Waals surface area contributed by atoms with E-state index in [1.807, 2.05) is 0 Å². The fourth-order valence-corrected chi connectivity index (χ4v) is 6.42. The van der Waals surface area contributed by atoms with Gasteiger partial charge in [-0.2, -0.15) is 13.2 Å². The van der Waals surface area contributed by atoms with Crippen molar-refractivity contribution >= 4 is 68.8 Å². The minimum absolute atomic E-state index is 0.00156. The topological polar surface area (TPSA) is 110 Å². The molecule has 1 aliphatic rings. The number of aliphatic carboxylic acids is 1. The van der Waals surface area contributed by atoms with E-state index in [-0.39, 0.29) is 25.3 Å². The number of carbonyl (C=O) groups excluding carboxylic acids is 1. The molecule has 0 aromatic heterocycles. The number of fused-ring (bicyclic) bond motifs is 1. The molecule has 0 aliphatic carbocycles. The summed E-state index contributed by atoms with van der Waals surface area (Å²) in [4.78, 5) is 36.7. The number of hydrogen-bond donors (Lipinski definition) is 1. The Labute approximate surface area is 253 Å². The molecular formula is C27H19F3I2N2O6. The average molecular weight is 778 g/mol. The van der Waals surface area contributed by atoms with Crippen LogP contribution >= 0.6 is 45.2 Å². The van der Waals surface area contributed by atoms with Crippen molar-refractivity contribution in [2.45, 2.75) is 31.8 Å². The summed E-state index contributed by atoms with van der Waals surface area (Å²) >= 11 is 4.13. The third-order valence-electron chi connectivity index (χ3n) is 6.24. The fourth-order valence-electron chi connectivity index (χ4n) is 4.14. The second-order valence-electron chi connectivity index (χ2n) is 8.83. The molecule has 1 atom stereocenters. The van der Waals surface area contributed by atoms with E-state index >= 15 is 0 Å². The number of carbonyl (C=O) groups is 2. The van der Waals surface area contributed by atoms with Gasteiger partial charge in [0.25, 0.3) is 5.69 Å². The van der Waals surface area contributed by atoms with Crippen LogP contribution in [0, 0.1) is 17.3 Å².